The lowest BCUT2D eigenvalue weighted by Gasteiger charge is -2.44. The molecule has 2 heterocycles. The molecule has 0 amide bonds. The molecule has 3 fully saturated rings. The van der Waals surface area contributed by atoms with Gasteiger partial charge in [0.15, 0.2) is 0 Å². The monoisotopic (exact) mass is 356 g/mol. The summed E-state index contributed by atoms with van der Waals surface area (Å²) in [6, 6.07) is 10.0. The molecule has 0 bridgehead atoms. The Morgan fingerprint density at radius 3 is 2.52 bits per heavy atom. The predicted octanol–water partition coefficient (Wildman–Crippen LogP) is 3.41. The van der Waals surface area contributed by atoms with Gasteiger partial charge in [0.25, 0.3) is 0 Å². The Morgan fingerprint density at radius 1 is 0.960 bits per heavy atom. The van der Waals surface area contributed by atoms with E-state index in [4.69, 9.17) is 4.99 Å². The fraction of sp³-hybridized carbons (Fsp3) is 0.650. The maximum Gasteiger partial charge on any atom is 0.207 e. The number of rotatable bonds is 4. The second-order valence-electron chi connectivity index (χ2n) is 7.83. The summed E-state index contributed by atoms with van der Waals surface area (Å²) in [5.74, 6) is 2.04. The zero-order valence-electron chi connectivity index (χ0n) is 14.9. The van der Waals surface area contributed by atoms with Crippen LogP contribution in [0.4, 0.5) is 0 Å². The van der Waals surface area contributed by atoms with Crippen LogP contribution >= 0.6 is 11.9 Å². The lowest BCUT2D eigenvalue weighted by atomic mass is 9.91. The molecule has 0 unspecified atom stereocenters. The zero-order valence-corrected chi connectivity index (χ0v) is 15.8. The number of piperazine rings is 1. The average Bonchev–Trinajstić information content (AvgIpc) is 3.35. The summed E-state index contributed by atoms with van der Waals surface area (Å²) in [6.07, 6.45) is 7.01. The Hall–Kier alpha value is -1.20. The molecule has 5 heteroatoms. The molecule has 0 atom stereocenters. The molecule has 5 rings (SSSR count). The Labute approximate surface area is 155 Å². The van der Waals surface area contributed by atoms with Crippen LogP contribution in [0.1, 0.15) is 43.6 Å². The van der Waals surface area contributed by atoms with E-state index in [1.54, 1.807) is 0 Å². The Bertz CT molecular complexity index is 645. The maximum atomic E-state index is 4.84. The van der Waals surface area contributed by atoms with E-state index in [-0.39, 0.29) is 0 Å². The number of guanidine groups is 1. The minimum Gasteiger partial charge on any atom is -0.340 e. The third-order valence-electron chi connectivity index (χ3n) is 6.09. The minimum atomic E-state index is 0.826. The van der Waals surface area contributed by atoms with Crippen LogP contribution in [0.25, 0.3) is 0 Å². The summed E-state index contributed by atoms with van der Waals surface area (Å²) in [5, 5.41) is 0. The number of hydrogen-bond acceptors (Lipinski definition) is 5. The van der Waals surface area contributed by atoms with E-state index in [0.29, 0.717) is 0 Å². The van der Waals surface area contributed by atoms with Crippen LogP contribution in [0.15, 0.2) is 34.2 Å². The van der Waals surface area contributed by atoms with Crippen molar-refractivity contribution in [1.82, 2.24) is 14.1 Å². The quantitative estimate of drug-likeness (QED) is 0.771. The van der Waals surface area contributed by atoms with Crippen molar-refractivity contribution in [2.75, 3.05) is 39.3 Å². The van der Waals surface area contributed by atoms with Gasteiger partial charge in [0.1, 0.15) is 0 Å². The molecular formula is C20H28N4S. The van der Waals surface area contributed by atoms with Gasteiger partial charge in [0.05, 0.1) is 13.1 Å². The van der Waals surface area contributed by atoms with E-state index < -0.39 is 0 Å². The van der Waals surface area contributed by atoms with Crippen LogP contribution in [0.5, 0.6) is 0 Å². The lowest BCUT2D eigenvalue weighted by molar-refractivity contribution is 0.0835. The smallest absolute Gasteiger partial charge is 0.207 e. The van der Waals surface area contributed by atoms with Gasteiger partial charge in [-0.2, -0.15) is 0 Å². The molecule has 1 aromatic rings. The first kappa shape index (κ1) is 16.0. The molecule has 1 aromatic carbocycles. The maximum absolute atomic E-state index is 4.84. The molecule has 2 aliphatic heterocycles. The summed E-state index contributed by atoms with van der Waals surface area (Å²) in [7, 11) is 0. The molecule has 2 aliphatic carbocycles. The largest absolute Gasteiger partial charge is 0.340 e. The van der Waals surface area contributed by atoms with Crippen LogP contribution in [-0.2, 0) is 0 Å². The first-order valence-corrected chi connectivity index (χ1v) is 10.7. The minimum absolute atomic E-state index is 0.826. The summed E-state index contributed by atoms with van der Waals surface area (Å²) >= 11 is 1.88. The topological polar surface area (TPSA) is 22.1 Å². The van der Waals surface area contributed by atoms with E-state index in [9.17, 15) is 0 Å². The average molecular weight is 357 g/mol. The van der Waals surface area contributed by atoms with Crippen molar-refractivity contribution in [1.29, 1.82) is 0 Å². The molecule has 134 valence electrons. The summed E-state index contributed by atoms with van der Waals surface area (Å²) < 4.78 is 2.42. The number of nitrogens with zero attached hydrogens (tertiary/aromatic N) is 4. The zero-order chi connectivity index (χ0) is 16.6. The van der Waals surface area contributed by atoms with Crippen molar-refractivity contribution >= 4 is 17.9 Å². The lowest BCUT2D eigenvalue weighted by Crippen LogP contribution is -2.55. The van der Waals surface area contributed by atoms with Gasteiger partial charge in [-0.3, -0.25) is 14.2 Å². The van der Waals surface area contributed by atoms with Crippen molar-refractivity contribution in [3.63, 3.8) is 0 Å². The highest BCUT2D eigenvalue weighted by Crippen LogP contribution is 2.41. The third kappa shape index (κ3) is 3.41. The Kier molecular flexibility index (Phi) is 4.38. The van der Waals surface area contributed by atoms with Crippen LogP contribution in [0, 0.1) is 0 Å². The molecule has 0 N–H and O–H groups in total. The SMILES string of the molecule is c1cc(SN2CCN=C2N2CCN(C3CCC3)CC2)cc(C2CC2)c1. The molecule has 0 aromatic heterocycles. The molecule has 4 aliphatic rings. The summed E-state index contributed by atoms with van der Waals surface area (Å²) in [6.45, 7) is 6.66. The Morgan fingerprint density at radius 2 is 1.80 bits per heavy atom. The summed E-state index contributed by atoms with van der Waals surface area (Å²) in [4.78, 5) is 11.4. The van der Waals surface area contributed by atoms with Crippen LogP contribution in [-0.4, -0.2) is 65.4 Å². The highest BCUT2D eigenvalue weighted by atomic mass is 32.2. The van der Waals surface area contributed by atoms with Gasteiger partial charge in [-0.15, -0.1) is 0 Å². The van der Waals surface area contributed by atoms with Crippen molar-refractivity contribution in [2.24, 2.45) is 4.99 Å². The first-order valence-electron chi connectivity index (χ1n) is 9.96. The van der Waals surface area contributed by atoms with E-state index >= 15 is 0 Å². The molecular weight excluding hydrogens is 328 g/mol. The van der Waals surface area contributed by atoms with E-state index in [0.717, 1.165) is 38.1 Å². The third-order valence-corrected chi connectivity index (χ3v) is 7.12. The number of benzene rings is 1. The van der Waals surface area contributed by atoms with Crippen LogP contribution < -0.4 is 0 Å². The van der Waals surface area contributed by atoms with E-state index in [1.807, 2.05) is 11.9 Å². The van der Waals surface area contributed by atoms with Crippen molar-refractivity contribution < 1.29 is 0 Å². The van der Waals surface area contributed by atoms with Crippen molar-refractivity contribution in [2.45, 2.75) is 49.0 Å². The van der Waals surface area contributed by atoms with Gasteiger partial charge in [-0.1, -0.05) is 18.6 Å². The van der Waals surface area contributed by atoms with E-state index in [1.165, 1.54) is 61.6 Å². The van der Waals surface area contributed by atoms with E-state index in [2.05, 4.69) is 38.4 Å². The standard InChI is InChI=1S/C20H28N4S/c1-3-17(16-7-8-16)15-19(6-1)25-24-10-9-21-20(24)23-13-11-22(12-14-23)18-4-2-5-18/h1,3,6,15-16,18H,2,4-5,7-14H2. The molecule has 0 spiro atoms. The highest BCUT2D eigenvalue weighted by Gasteiger charge is 2.31. The van der Waals surface area contributed by atoms with Crippen LogP contribution in [0.2, 0.25) is 0 Å². The normalized spacial score (nSPS) is 25.2. The molecule has 25 heavy (non-hydrogen) atoms. The van der Waals surface area contributed by atoms with Gasteiger partial charge in [0, 0.05) is 37.1 Å². The fourth-order valence-electron chi connectivity index (χ4n) is 4.17. The number of hydrogen-bond donors (Lipinski definition) is 0. The fourth-order valence-corrected chi connectivity index (χ4v) is 5.18. The molecule has 2 saturated carbocycles. The summed E-state index contributed by atoms with van der Waals surface area (Å²) in [5.41, 5.74) is 1.52. The molecule has 4 nitrogen and oxygen atoms in total. The van der Waals surface area contributed by atoms with Crippen LogP contribution in [0.3, 0.4) is 0 Å². The number of aliphatic imine (C=N–C) groups is 1. The second kappa shape index (κ2) is 6.84. The van der Waals surface area contributed by atoms with Crippen molar-refractivity contribution in [3.05, 3.63) is 29.8 Å². The predicted molar refractivity (Wildman–Crippen MR) is 104 cm³/mol. The first-order chi connectivity index (χ1) is 12.4. The Balaban J connectivity index is 1.21. The van der Waals surface area contributed by atoms with Gasteiger partial charge in [-0.05, 0) is 61.2 Å². The van der Waals surface area contributed by atoms with Crippen molar-refractivity contribution in [3.8, 4) is 0 Å². The molecule has 0 radical (unpaired) electrons. The second-order valence-corrected chi connectivity index (χ2v) is 8.92. The van der Waals surface area contributed by atoms with Gasteiger partial charge in [0.2, 0.25) is 5.96 Å². The van der Waals surface area contributed by atoms with Gasteiger partial charge in [-0.25, -0.2) is 0 Å². The highest BCUT2D eigenvalue weighted by molar-refractivity contribution is 7.97. The molecule has 1 saturated heterocycles. The van der Waals surface area contributed by atoms with Gasteiger partial charge < -0.3 is 4.90 Å². The van der Waals surface area contributed by atoms with Gasteiger partial charge >= 0.3 is 0 Å².